The summed E-state index contributed by atoms with van der Waals surface area (Å²) < 4.78 is 0. The minimum absolute atomic E-state index is 0.679. The van der Waals surface area contributed by atoms with Crippen molar-refractivity contribution in [2.45, 2.75) is 0 Å². The van der Waals surface area contributed by atoms with Crippen molar-refractivity contribution in [3.8, 4) is 0 Å². The highest BCUT2D eigenvalue weighted by atomic mass is 15.2. The lowest BCUT2D eigenvalue weighted by Gasteiger charge is -1.98. The van der Waals surface area contributed by atoms with E-state index in [1.807, 2.05) is 6.07 Å². The van der Waals surface area contributed by atoms with Gasteiger partial charge in [0.15, 0.2) is 0 Å². The Hall–Kier alpha value is -2.10. The second-order valence-electron chi connectivity index (χ2n) is 2.19. The van der Waals surface area contributed by atoms with Gasteiger partial charge in [-0.25, -0.2) is 0 Å². The minimum atomic E-state index is -0.795. The standard InChI is InChI=1S/C6H5BN6/c8-12-10-7(11-13-9)6-4-2-1-3-5-6/h1-5H. The molecule has 0 aliphatic heterocycles. The van der Waals surface area contributed by atoms with Crippen molar-refractivity contribution >= 4 is 12.4 Å². The second kappa shape index (κ2) is 4.72. The maximum Gasteiger partial charge on any atom is 0.375 e. The number of hydrogen-bond acceptors (Lipinski definition) is 2. The summed E-state index contributed by atoms with van der Waals surface area (Å²) in [5, 5.41) is 6.69. The Morgan fingerprint density at radius 1 is 1.00 bits per heavy atom. The van der Waals surface area contributed by atoms with Crippen LogP contribution < -0.4 is 5.46 Å². The fourth-order valence-corrected chi connectivity index (χ4v) is 0.879. The Kier molecular flexibility index (Phi) is 3.26. The van der Waals surface area contributed by atoms with E-state index in [0.717, 1.165) is 0 Å². The van der Waals surface area contributed by atoms with Gasteiger partial charge in [-0.2, -0.15) is 0 Å². The Bertz CT molecular complexity index is 346. The highest BCUT2D eigenvalue weighted by Crippen LogP contribution is 1.92. The maximum absolute atomic E-state index is 8.20. The Morgan fingerprint density at radius 2 is 1.54 bits per heavy atom. The van der Waals surface area contributed by atoms with E-state index in [-0.39, 0.29) is 0 Å². The molecule has 0 atom stereocenters. The molecule has 0 amide bonds. The molecule has 1 aromatic carbocycles. The van der Waals surface area contributed by atoms with Crippen molar-refractivity contribution in [2.75, 3.05) is 0 Å². The Morgan fingerprint density at radius 3 is 2.00 bits per heavy atom. The molecule has 0 bridgehead atoms. The van der Waals surface area contributed by atoms with Crippen LogP contribution in [-0.2, 0) is 0 Å². The van der Waals surface area contributed by atoms with Gasteiger partial charge in [0, 0.05) is 0 Å². The lowest BCUT2D eigenvalue weighted by molar-refractivity contribution is 1.54. The van der Waals surface area contributed by atoms with Gasteiger partial charge in [-0.1, -0.05) is 35.8 Å². The van der Waals surface area contributed by atoms with E-state index >= 15 is 0 Å². The van der Waals surface area contributed by atoms with Crippen LogP contribution in [0.2, 0.25) is 0 Å². The second-order valence-corrected chi connectivity index (χ2v) is 2.19. The van der Waals surface area contributed by atoms with Gasteiger partial charge >= 0.3 is 6.98 Å². The monoisotopic (exact) mass is 172 g/mol. The van der Waals surface area contributed by atoms with Crippen LogP contribution in [-0.4, -0.2) is 6.98 Å². The van der Waals surface area contributed by atoms with Crippen molar-refractivity contribution in [1.82, 2.24) is 0 Å². The van der Waals surface area contributed by atoms with E-state index in [1.165, 1.54) is 0 Å². The molecule has 0 aromatic heterocycles. The lowest BCUT2D eigenvalue weighted by atomic mass is 9.71. The normalized spacial score (nSPS) is 8.00. The van der Waals surface area contributed by atoms with Crippen molar-refractivity contribution in [3.63, 3.8) is 0 Å². The van der Waals surface area contributed by atoms with Crippen LogP contribution in [0.4, 0.5) is 0 Å². The Balaban J connectivity index is 3.01. The lowest BCUT2D eigenvalue weighted by Crippen LogP contribution is -2.24. The summed E-state index contributed by atoms with van der Waals surface area (Å²) in [4.78, 5) is 5.18. The quantitative estimate of drug-likeness (QED) is 0.288. The summed E-state index contributed by atoms with van der Waals surface area (Å²) in [5.41, 5.74) is 17.1. The highest BCUT2D eigenvalue weighted by molar-refractivity contribution is 6.69. The van der Waals surface area contributed by atoms with Crippen molar-refractivity contribution in [2.24, 2.45) is 10.1 Å². The van der Waals surface area contributed by atoms with Crippen LogP contribution in [0.5, 0.6) is 0 Å². The van der Waals surface area contributed by atoms with Gasteiger partial charge in [0.2, 0.25) is 0 Å². The molecule has 0 N–H and O–H groups in total. The number of rotatable bonds is 3. The third kappa shape index (κ3) is 2.45. The summed E-state index contributed by atoms with van der Waals surface area (Å²) in [7, 11) is 0. The van der Waals surface area contributed by atoms with Crippen LogP contribution in [0.25, 0.3) is 20.9 Å². The van der Waals surface area contributed by atoms with Gasteiger partial charge in [-0.15, -0.1) is 10.1 Å². The average molecular weight is 172 g/mol. The molecule has 7 heteroatoms. The summed E-state index contributed by atoms with van der Waals surface area (Å²) in [6.07, 6.45) is 0. The predicted octanol–water partition coefficient (Wildman–Crippen LogP) is 2.00. The molecule has 13 heavy (non-hydrogen) atoms. The van der Waals surface area contributed by atoms with E-state index in [2.05, 4.69) is 19.9 Å². The van der Waals surface area contributed by atoms with Gasteiger partial charge in [0.05, 0.1) is 0 Å². The van der Waals surface area contributed by atoms with Gasteiger partial charge in [-0.3, -0.25) is 0 Å². The molecule has 0 radical (unpaired) electrons. The first-order chi connectivity index (χ1) is 6.38. The van der Waals surface area contributed by atoms with Crippen LogP contribution in [0.15, 0.2) is 40.4 Å². The van der Waals surface area contributed by atoms with E-state index in [9.17, 15) is 0 Å². The van der Waals surface area contributed by atoms with Crippen LogP contribution >= 0.6 is 0 Å². The molecule has 6 nitrogen and oxygen atoms in total. The fourth-order valence-electron chi connectivity index (χ4n) is 0.879. The molecule has 0 spiro atoms. The third-order valence-electron chi connectivity index (χ3n) is 1.42. The molecule has 0 aliphatic carbocycles. The molecular formula is C6H5BN6. The van der Waals surface area contributed by atoms with Crippen LogP contribution in [0, 0.1) is 0 Å². The molecule has 62 valence electrons. The SMILES string of the molecule is [N-]=[N+]=NB(N=[N+]=[N-])c1ccccc1. The Labute approximate surface area is 74.6 Å². The molecule has 0 fully saturated rings. The molecule has 0 heterocycles. The molecule has 1 aromatic rings. The first-order valence-electron chi connectivity index (χ1n) is 3.52. The zero-order chi connectivity index (χ0) is 9.52. The summed E-state index contributed by atoms with van der Waals surface area (Å²) in [5.74, 6) is 0. The zero-order valence-corrected chi connectivity index (χ0v) is 6.65. The molecule has 1 rings (SSSR count). The number of hydrogen-bond donors (Lipinski definition) is 0. The van der Waals surface area contributed by atoms with Crippen molar-refractivity contribution < 1.29 is 0 Å². The summed E-state index contributed by atoms with van der Waals surface area (Å²) in [6, 6.07) is 8.85. The number of azide groups is 1. The molecule has 0 saturated carbocycles. The molecular weight excluding hydrogens is 167 g/mol. The zero-order valence-electron chi connectivity index (χ0n) is 6.65. The van der Waals surface area contributed by atoms with E-state index in [0.29, 0.717) is 5.46 Å². The molecule has 0 unspecified atom stereocenters. The fraction of sp³-hybridized carbons (Fsp3) is 0. The van der Waals surface area contributed by atoms with E-state index in [1.54, 1.807) is 24.3 Å². The van der Waals surface area contributed by atoms with Crippen molar-refractivity contribution in [1.29, 1.82) is 0 Å². The summed E-state index contributed by atoms with van der Waals surface area (Å²) >= 11 is 0. The topological polar surface area (TPSA) is 97.5 Å². The average Bonchev–Trinajstić information content (AvgIpc) is 2.19. The number of nitrogens with zero attached hydrogens (tertiary/aromatic N) is 6. The van der Waals surface area contributed by atoms with Crippen LogP contribution in [0.3, 0.4) is 0 Å². The van der Waals surface area contributed by atoms with Crippen molar-refractivity contribution in [3.05, 3.63) is 51.2 Å². The largest absolute Gasteiger partial charge is 0.375 e. The first-order valence-corrected chi connectivity index (χ1v) is 3.52. The van der Waals surface area contributed by atoms with Gasteiger partial charge in [-0.05, 0) is 20.9 Å². The van der Waals surface area contributed by atoms with Gasteiger partial charge < -0.3 is 0 Å². The first kappa shape index (κ1) is 9.00. The highest BCUT2D eigenvalue weighted by Gasteiger charge is 2.11. The predicted molar refractivity (Wildman–Crippen MR) is 50.1 cm³/mol. The van der Waals surface area contributed by atoms with E-state index < -0.39 is 6.98 Å². The van der Waals surface area contributed by atoms with Gasteiger partial charge in [0.25, 0.3) is 0 Å². The minimum Gasteiger partial charge on any atom is -0.135 e. The van der Waals surface area contributed by atoms with Gasteiger partial charge in [0.1, 0.15) is 0 Å². The third-order valence-corrected chi connectivity index (χ3v) is 1.42. The maximum atomic E-state index is 8.20. The van der Waals surface area contributed by atoms with E-state index in [4.69, 9.17) is 11.1 Å². The molecule has 0 aliphatic rings. The summed E-state index contributed by atoms with van der Waals surface area (Å²) in [6.45, 7) is -0.795. The number of benzene rings is 1. The van der Waals surface area contributed by atoms with Crippen LogP contribution in [0.1, 0.15) is 0 Å². The smallest absolute Gasteiger partial charge is 0.135 e. The molecule has 0 saturated heterocycles.